The van der Waals surface area contributed by atoms with E-state index < -0.39 is 10.5 Å². The molecule has 0 saturated heterocycles. The van der Waals surface area contributed by atoms with Gasteiger partial charge in [-0.15, -0.1) is 0 Å². The predicted molar refractivity (Wildman–Crippen MR) is 50.2 cm³/mol. The number of aromatic nitrogens is 2. The Labute approximate surface area is 85.0 Å². The van der Waals surface area contributed by atoms with Crippen LogP contribution in [0.3, 0.4) is 0 Å². The smallest absolute Gasteiger partial charge is 0.358 e. The van der Waals surface area contributed by atoms with Crippen LogP contribution in [0.25, 0.3) is 10.9 Å². The standard InChI is InChI=1S/C8H5FN2O3S/c9-15(12,13)14-7-1-2-8-6(3-7)4-10-5-11-8/h1-5H. The van der Waals surface area contributed by atoms with E-state index in [1.807, 2.05) is 0 Å². The number of hydrogen-bond donors (Lipinski definition) is 0. The van der Waals surface area contributed by atoms with Crippen molar-refractivity contribution in [2.45, 2.75) is 0 Å². The van der Waals surface area contributed by atoms with E-state index >= 15 is 0 Å². The van der Waals surface area contributed by atoms with Crippen molar-refractivity contribution in [1.29, 1.82) is 0 Å². The molecule has 78 valence electrons. The van der Waals surface area contributed by atoms with E-state index in [1.165, 1.54) is 30.7 Å². The molecule has 0 atom stereocenters. The highest BCUT2D eigenvalue weighted by Gasteiger charge is 2.09. The highest BCUT2D eigenvalue weighted by Crippen LogP contribution is 2.19. The molecule has 1 heterocycles. The minimum absolute atomic E-state index is 0.111. The fourth-order valence-electron chi connectivity index (χ4n) is 1.13. The zero-order valence-electron chi connectivity index (χ0n) is 7.29. The molecule has 0 amide bonds. The Kier molecular flexibility index (Phi) is 2.24. The molecule has 0 radical (unpaired) electrons. The summed E-state index contributed by atoms with van der Waals surface area (Å²) < 4.78 is 36.7. The highest BCUT2D eigenvalue weighted by atomic mass is 32.3. The van der Waals surface area contributed by atoms with Gasteiger partial charge < -0.3 is 4.18 Å². The largest absolute Gasteiger partial charge is 0.488 e. The second-order valence-corrected chi connectivity index (χ2v) is 3.67. The second-order valence-electron chi connectivity index (χ2n) is 2.72. The summed E-state index contributed by atoms with van der Waals surface area (Å²) in [5.74, 6) is -0.111. The summed E-state index contributed by atoms with van der Waals surface area (Å²) in [6.45, 7) is 0. The molecule has 0 aliphatic rings. The van der Waals surface area contributed by atoms with Crippen LogP contribution in [-0.4, -0.2) is 18.4 Å². The van der Waals surface area contributed by atoms with E-state index in [1.54, 1.807) is 0 Å². The van der Waals surface area contributed by atoms with Crippen LogP contribution in [0.5, 0.6) is 5.75 Å². The van der Waals surface area contributed by atoms with Gasteiger partial charge in [-0.2, -0.15) is 8.42 Å². The van der Waals surface area contributed by atoms with Crippen LogP contribution in [0.15, 0.2) is 30.7 Å². The molecule has 1 aromatic carbocycles. The van der Waals surface area contributed by atoms with Crippen LogP contribution >= 0.6 is 0 Å². The van der Waals surface area contributed by atoms with E-state index in [2.05, 4.69) is 14.2 Å². The van der Waals surface area contributed by atoms with Crippen molar-refractivity contribution in [3.63, 3.8) is 0 Å². The van der Waals surface area contributed by atoms with Crippen molar-refractivity contribution in [1.82, 2.24) is 9.97 Å². The van der Waals surface area contributed by atoms with Crippen molar-refractivity contribution in [2.75, 3.05) is 0 Å². The number of hydrogen-bond acceptors (Lipinski definition) is 5. The lowest BCUT2D eigenvalue weighted by Gasteiger charge is -2.00. The highest BCUT2D eigenvalue weighted by molar-refractivity contribution is 7.81. The van der Waals surface area contributed by atoms with Gasteiger partial charge in [0.1, 0.15) is 12.1 Å². The lowest BCUT2D eigenvalue weighted by atomic mass is 10.2. The summed E-state index contributed by atoms with van der Waals surface area (Å²) in [5.41, 5.74) is 0.619. The Hall–Kier alpha value is -1.76. The average Bonchev–Trinajstić information content (AvgIpc) is 2.15. The summed E-state index contributed by atoms with van der Waals surface area (Å²) in [4.78, 5) is 7.65. The van der Waals surface area contributed by atoms with E-state index in [-0.39, 0.29) is 5.75 Å². The maximum Gasteiger partial charge on any atom is 0.488 e. The minimum Gasteiger partial charge on any atom is -0.358 e. The van der Waals surface area contributed by atoms with Crippen LogP contribution in [0, 0.1) is 0 Å². The van der Waals surface area contributed by atoms with Gasteiger partial charge in [0.05, 0.1) is 5.52 Å². The summed E-state index contributed by atoms with van der Waals surface area (Å²) in [6, 6.07) is 4.16. The second kappa shape index (κ2) is 3.43. The molecule has 0 N–H and O–H groups in total. The maximum atomic E-state index is 12.2. The van der Waals surface area contributed by atoms with Crippen LogP contribution in [0.4, 0.5) is 3.89 Å². The molecule has 2 rings (SSSR count). The molecule has 0 unspecified atom stereocenters. The molecular weight excluding hydrogens is 223 g/mol. The minimum atomic E-state index is -4.99. The molecule has 0 spiro atoms. The third-order valence-corrected chi connectivity index (χ3v) is 2.06. The van der Waals surface area contributed by atoms with Crippen LogP contribution in [0.1, 0.15) is 0 Å². The summed E-state index contributed by atoms with van der Waals surface area (Å²) in [5, 5.41) is 0.568. The van der Waals surface area contributed by atoms with Gasteiger partial charge in [0.15, 0.2) is 0 Å². The SMILES string of the molecule is O=S(=O)(F)Oc1ccc2ncncc2c1. The number of benzene rings is 1. The molecule has 2 aromatic rings. The monoisotopic (exact) mass is 228 g/mol. The van der Waals surface area contributed by atoms with E-state index in [4.69, 9.17) is 0 Å². The Bertz CT molecular complexity index is 600. The Morgan fingerprint density at radius 3 is 2.87 bits per heavy atom. The summed E-state index contributed by atoms with van der Waals surface area (Å²) >= 11 is 0. The van der Waals surface area contributed by atoms with Gasteiger partial charge in [0.25, 0.3) is 0 Å². The summed E-state index contributed by atoms with van der Waals surface area (Å²) in [6.07, 6.45) is 2.83. The van der Waals surface area contributed by atoms with Crippen LogP contribution in [0.2, 0.25) is 0 Å². The van der Waals surface area contributed by atoms with Gasteiger partial charge in [0.2, 0.25) is 0 Å². The summed E-state index contributed by atoms with van der Waals surface area (Å²) in [7, 11) is -4.99. The average molecular weight is 228 g/mol. The normalized spacial score (nSPS) is 11.5. The topological polar surface area (TPSA) is 69.2 Å². The van der Waals surface area contributed by atoms with Crippen molar-refractivity contribution >= 4 is 21.4 Å². The third kappa shape index (κ3) is 2.38. The predicted octanol–water partition coefficient (Wildman–Crippen LogP) is 1.22. The van der Waals surface area contributed by atoms with Gasteiger partial charge in [0, 0.05) is 11.6 Å². The Balaban J connectivity index is 2.48. The Morgan fingerprint density at radius 2 is 2.13 bits per heavy atom. The van der Waals surface area contributed by atoms with Crippen molar-refractivity contribution in [3.05, 3.63) is 30.7 Å². The lowest BCUT2D eigenvalue weighted by molar-refractivity contribution is 0.440. The van der Waals surface area contributed by atoms with Gasteiger partial charge >= 0.3 is 10.5 Å². The quantitative estimate of drug-likeness (QED) is 0.723. The first kappa shape index (κ1) is 9.78. The van der Waals surface area contributed by atoms with Crippen LogP contribution < -0.4 is 4.18 Å². The van der Waals surface area contributed by atoms with E-state index in [0.717, 1.165) is 0 Å². The molecule has 5 nitrogen and oxygen atoms in total. The fourth-order valence-corrected chi connectivity index (χ4v) is 1.46. The number of nitrogens with zero attached hydrogens (tertiary/aromatic N) is 2. The van der Waals surface area contributed by atoms with Crippen molar-refractivity contribution < 1.29 is 16.5 Å². The molecule has 1 aromatic heterocycles. The van der Waals surface area contributed by atoms with Crippen molar-refractivity contribution in [3.8, 4) is 5.75 Å². The molecule has 15 heavy (non-hydrogen) atoms. The molecule has 0 saturated carbocycles. The first-order valence-electron chi connectivity index (χ1n) is 3.88. The van der Waals surface area contributed by atoms with Gasteiger partial charge in [-0.3, -0.25) is 0 Å². The Morgan fingerprint density at radius 1 is 1.33 bits per heavy atom. The third-order valence-electron chi connectivity index (χ3n) is 1.67. The van der Waals surface area contributed by atoms with Gasteiger partial charge in [-0.25, -0.2) is 9.97 Å². The molecular formula is C8H5FN2O3S. The zero-order chi connectivity index (χ0) is 10.9. The fraction of sp³-hybridized carbons (Fsp3) is 0. The first-order valence-corrected chi connectivity index (χ1v) is 5.19. The molecule has 7 heteroatoms. The first-order chi connectivity index (χ1) is 7.04. The number of rotatable bonds is 2. The van der Waals surface area contributed by atoms with Gasteiger partial charge in [-0.1, -0.05) is 3.89 Å². The molecule has 0 aliphatic carbocycles. The number of fused-ring (bicyclic) bond motifs is 1. The zero-order valence-corrected chi connectivity index (χ0v) is 8.11. The van der Waals surface area contributed by atoms with Crippen molar-refractivity contribution in [2.24, 2.45) is 0 Å². The molecule has 0 bridgehead atoms. The maximum absolute atomic E-state index is 12.2. The lowest BCUT2D eigenvalue weighted by Crippen LogP contribution is -2.00. The molecule has 0 fully saturated rings. The van der Waals surface area contributed by atoms with E-state index in [0.29, 0.717) is 10.9 Å². The molecule has 0 aliphatic heterocycles. The van der Waals surface area contributed by atoms with Gasteiger partial charge in [-0.05, 0) is 18.2 Å². The van der Waals surface area contributed by atoms with Crippen LogP contribution in [-0.2, 0) is 10.5 Å². The number of halogens is 1. The van der Waals surface area contributed by atoms with E-state index in [9.17, 15) is 12.3 Å².